The van der Waals surface area contributed by atoms with Crippen LogP contribution in [0.15, 0.2) is 23.2 Å². The number of sulfonamides is 1. The van der Waals surface area contributed by atoms with Crippen LogP contribution in [0, 0.1) is 0 Å². The van der Waals surface area contributed by atoms with Crippen molar-refractivity contribution in [3.05, 3.63) is 18.3 Å². The summed E-state index contributed by atoms with van der Waals surface area (Å²) >= 11 is 0. The lowest BCUT2D eigenvalue weighted by atomic mass is 10.3. The maximum atomic E-state index is 12.2. The number of hydrogen-bond donors (Lipinski definition) is 1. The first-order valence-electron chi connectivity index (χ1n) is 5.30. The van der Waals surface area contributed by atoms with Gasteiger partial charge in [0.2, 0.25) is 15.9 Å². The standard InChI is InChI=1S/C10H15N3O3S.ClH/c1-16-10-3-2-9(6-12-10)17(14,15)13-5-4-8(11)7-13;/h2-3,6,8H,4-5,7,11H2,1H3;1H/t8-;/m1./s1. The number of hydrogen-bond acceptors (Lipinski definition) is 5. The van der Waals surface area contributed by atoms with Crippen LogP contribution >= 0.6 is 12.4 Å². The van der Waals surface area contributed by atoms with Gasteiger partial charge in [0.15, 0.2) is 0 Å². The summed E-state index contributed by atoms with van der Waals surface area (Å²) in [6, 6.07) is 2.95. The maximum Gasteiger partial charge on any atom is 0.244 e. The second-order valence-corrected chi connectivity index (χ2v) is 5.89. The molecule has 2 heterocycles. The lowest BCUT2D eigenvalue weighted by Crippen LogP contribution is -2.32. The van der Waals surface area contributed by atoms with E-state index in [1.807, 2.05) is 0 Å². The number of nitrogens with zero attached hydrogens (tertiary/aromatic N) is 2. The van der Waals surface area contributed by atoms with E-state index >= 15 is 0 Å². The topological polar surface area (TPSA) is 85.5 Å². The third kappa shape index (κ3) is 2.92. The van der Waals surface area contributed by atoms with Crippen molar-refractivity contribution in [3.63, 3.8) is 0 Å². The molecule has 1 atom stereocenters. The summed E-state index contributed by atoms with van der Waals surface area (Å²) in [4.78, 5) is 4.07. The minimum atomic E-state index is -3.46. The van der Waals surface area contributed by atoms with Gasteiger partial charge >= 0.3 is 0 Å². The predicted octanol–water partition coefficient (Wildman–Crippen LogP) is 0.234. The smallest absolute Gasteiger partial charge is 0.244 e. The Labute approximate surface area is 113 Å². The maximum absolute atomic E-state index is 12.2. The van der Waals surface area contributed by atoms with Crippen LogP contribution in [0.3, 0.4) is 0 Å². The molecular formula is C10H16ClN3O3S. The van der Waals surface area contributed by atoms with Gasteiger partial charge in [-0.2, -0.15) is 4.31 Å². The van der Waals surface area contributed by atoms with Crippen LogP contribution in [0.4, 0.5) is 0 Å². The average molecular weight is 294 g/mol. The van der Waals surface area contributed by atoms with Crippen LogP contribution in [-0.2, 0) is 10.0 Å². The molecule has 0 unspecified atom stereocenters. The van der Waals surface area contributed by atoms with Crippen LogP contribution in [0.1, 0.15) is 6.42 Å². The van der Waals surface area contributed by atoms with Gasteiger partial charge in [-0.25, -0.2) is 13.4 Å². The van der Waals surface area contributed by atoms with E-state index in [1.165, 1.54) is 29.7 Å². The van der Waals surface area contributed by atoms with Crippen LogP contribution in [0.5, 0.6) is 5.88 Å². The Balaban J connectivity index is 0.00000162. The summed E-state index contributed by atoms with van der Waals surface area (Å²) in [5.74, 6) is 0.391. The summed E-state index contributed by atoms with van der Waals surface area (Å²) < 4.78 is 30.6. The highest BCUT2D eigenvalue weighted by Crippen LogP contribution is 2.20. The largest absolute Gasteiger partial charge is 0.481 e. The zero-order chi connectivity index (χ0) is 12.5. The van der Waals surface area contributed by atoms with Crippen molar-refractivity contribution in [2.24, 2.45) is 5.73 Å². The van der Waals surface area contributed by atoms with E-state index in [1.54, 1.807) is 0 Å². The van der Waals surface area contributed by atoms with Crippen LogP contribution in [-0.4, -0.2) is 43.9 Å². The molecule has 1 aromatic heterocycles. The zero-order valence-electron chi connectivity index (χ0n) is 9.94. The Morgan fingerprint density at radius 3 is 2.67 bits per heavy atom. The number of nitrogens with two attached hydrogens (primary N) is 1. The van der Waals surface area contributed by atoms with Crippen molar-refractivity contribution in [1.82, 2.24) is 9.29 Å². The highest BCUT2D eigenvalue weighted by atomic mass is 35.5. The first-order chi connectivity index (χ1) is 8.04. The molecule has 0 amide bonds. The van der Waals surface area contributed by atoms with Gasteiger partial charge in [-0.05, 0) is 12.5 Å². The molecule has 1 aliphatic heterocycles. The third-order valence-corrected chi connectivity index (χ3v) is 4.59. The third-order valence-electron chi connectivity index (χ3n) is 2.74. The molecule has 18 heavy (non-hydrogen) atoms. The molecular weight excluding hydrogens is 278 g/mol. The fourth-order valence-corrected chi connectivity index (χ4v) is 3.22. The van der Waals surface area contributed by atoms with E-state index < -0.39 is 10.0 Å². The van der Waals surface area contributed by atoms with E-state index in [0.29, 0.717) is 25.4 Å². The first-order valence-corrected chi connectivity index (χ1v) is 6.74. The van der Waals surface area contributed by atoms with E-state index in [4.69, 9.17) is 10.5 Å². The second kappa shape index (κ2) is 5.83. The fraction of sp³-hybridized carbons (Fsp3) is 0.500. The molecule has 1 saturated heterocycles. The van der Waals surface area contributed by atoms with Crippen molar-refractivity contribution in [3.8, 4) is 5.88 Å². The molecule has 1 fully saturated rings. The van der Waals surface area contributed by atoms with Gasteiger partial charge in [0.25, 0.3) is 0 Å². The Morgan fingerprint density at radius 2 is 2.22 bits per heavy atom. The van der Waals surface area contributed by atoms with E-state index in [2.05, 4.69) is 4.98 Å². The van der Waals surface area contributed by atoms with E-state index in [0.717, 1.165) is 0 Å². The quantitative estimate of drug-likeness (QED) is 0.862. The lowest BCUT2D eigenvalue weighted by Gasteiger charge is -2.15. The SMILES string of the molecule is COc1ccc(S(=O)(=O)N2CC[C@@H](N)C2)cn1.Cl. The molecule has 0 aliphatic carbocycles. The summed E-state index contributed by atoms with van der Waals surface area (Å²) in [6.07, 6.45) is 2.00. The van der Waals surface area contributed by atoms with E-state index in [9.17, 15) is 8.42 Å². The van der Waals surface area contributed by atoms with Crippen LogP contribution in [0.2, 0.25) is 0 Å². The summed E-state index contributed by atoms with van der Waals surface area (Å²) in [5.41, 5.74) is 5.70. The molecule has 1 aliphatic rings. The first kappa shape index (κ1) is 15.2. The molecule has 0 radical (unpaired) electrons. The molecule has 1 aromatic rings. The molecule has 0 bridgehead atoms. The minimum absolute atomic E-state index is 0. The molecule has 0 saturated carbocycles. The van der Waals surface area contributed by atoms with E-state index in [-0.39, 0.29) is 23.3 Å². The molecule has 2 N–H and O–H groups in total. The van der Waals surface area contributed by atoms with Crippen molar-refractivity contribution in [1.29, 1.82) is 0 Å². The zero-order valence-corrected chi connectivity index (χ0v) is 11.6. The van der Waals surface area contributed by atoms with Gasteiger partial charge in [-0.1, -0.05) is 0 Å². The van der Waals surface area contributed by atoms with Gasteiger partial charge in [-0.3, -0.25) is 0 Å². The van der Waals surface area contributed by atoms with Crippen molar-refractivity contribution >= 4 is 22.4 Å². The highest BCUT2D eigenvalue weighted by molar-refractivity contribution is 7.89. The highest BCUT2D eigenvalue weighted by Gasteiger charge is 2.31. The van der Waals surface area contributed by atoms with Crippen LogP contribution in [0.25, 0.3) is 0 Å². The lowest BCUT2D eigenvalue weighted by molar-refractivity contribution is 0.397. The van der Waals surface area contributed by atoms with Crippen molar-refractivity contribution in [2.45, 2.75) is 17.4 Å². The number of ether oxygens (including phenoxy) is 1. The van der Waals surface area contributed by atoms with Gasteiger partial charge in [-0.15, -0.1) is 12.4 Å². The Morgan fingerprint density at radius 1 is 1.50 bits per heavy atom. The van der Waals surface area contributed by atoms with Gasteiger partial charge in [0.05, 0.1) is 13.3 Å². The van der Waals surface area contributed by atoms with Gasteiger partial charge < -0.3 is 10.5 Å². The fourth-order valence-electron chi connectivity index (χ4n) is 1.76. The number of rotatable bonds is 3. The normalized spacial score (nSPS) is 20.4. The Hall–Kier alpha value is -0.890. The van der Waals surface area contributed by atoms with Crippen molar-refractivity contribution < 1.29 is 13.2 Å². The molecule has 0 aromatic carbocycles. The Kier molecular flexibility index (Phi) is 4.92. The monoisotopic (exact) mass is 293 g/mol. The number of aromatic nitrogens is 1. The van der Waals surface area contributed by atoms with Gasteiger partial charge in [0.1, 0.15) is 4.90 Å². The molecule has 8 heteroatoms. The average Bonchev–Trinajstić information content (AvgIpc) is 2.77. The molecule has 102 valence electrons. The number of methoxy groups -OCH3 is 1. The summed E-state index contributed by atoms with van der Waals surface area (Å²) in [5, 5.41) is 0. The second-order valence-electron chi connectivity index (χ2n) is 3.95. The molecule has 2 rings (SSSR count). The molecule has 6 nitrogen and oxygen atoms in total. The number of halogens is 1. The van der Waals surface area contributed by atoms with Crippen LogP contribution < -0.4 is 10.5 Å². The number of pyridine rings is 1. The van der Waals surface area contributed by atoms with Crippen molar-refractivity contribution in [2.75, 3.05) is 20.2 Å². The summed E-state index contributed by atoms with van der Waals surface area (Å²) in [6.45, 7) is 0.837. The summed E-state index contributed by atoms with van der Waals surface area (Å²) in [7, 11) is -1.98. The predicted molar refractivity (Wildman–Crippen MR) is 69.4 cm³/mol. The van der Waals surface area contributed by atoms with Gasteiger partial charge in [0, 0.05) is 25.2 Å². The Bertz CT molecular complexity index is 492. The minimum Gasteiger partial charge on any atom is -0.481 e. The molecule has 0 spiro atoms.